The topological polar surface area (TPSA) is 89.1 Å². The SMILES string of the molecule is CNc1cccc(N(C=O)c2nc(Nc3ccc(N4CCN(C)CC4)cc3OC)ncc2CCN(C)Cc2ccccc2)c1. The Bertz CT molecular complexity index is 1530. The molecular formula is C34H42N8O2. The van der Waals surface area contributed by atoms with Crippen LogP contribution in [0.15, 0.2) is 79.0 Å². The molecule has 2 heterocycles. The van der Waals surface area contributed by atoms with Gasteiger partial charge in [0.25, 0.3) is 0 Å². The number of aromatic nitrogens is 2. The number of nitrogens with one attached hydrogen (secondary N) is 2. The first-order chi connectivity index (χ1) is 21.5. The van der Waals surface area contributed by atoms with Gasteiger partial charge in [0, 0.05) is 75.5 Å². The highest BCUT2D eigenvalue weighted by molar-refractivity contribution is 5.87. The van der Waals surface area contributed by atoms with Crippen LogP contribution in [0.3, 0.4) is 0 Å². The monoisotopic (exact) mass is 594 g/mol. The molecule has 1 aliphatic heterocycles. The summed E-state index contributed by atoms with van der Waals surface area (Å²) in [6, 6.07) is 24.2. The van der Waals surface area contributed by atoms with Gasteiger partial charge in [0.05, 0.1) is 18.5 Å². The first-order valence-electron chi connectivity index (χ1n) is 15.0. The Labute approximate surface area is 260 Å². The summed E-state index contributed by atoms with van der Waals surface area (Å²) in [5.41, 5.74) is 5.60. The molecule has 1 aliphatic rings. The van der Waals surface area contributed by atoms with E-state index in [0.717, 1.165) is 68.3 Å². The van der Waals surface area contributed by atoms with Gasteiger partial charge < -0.3 is 30.1 Å². The molecule has 0 bridgehead atoms. The van der Waals surface area contributed by atoms with Crippen molar-refractivity contribution in [2.24, 2.45) is 0 Å². The molecule has 0 radical (unpaired) electrons. The van der Waals surface area contributed by atoms with E-state index in [1.807, 2.05) is 55.7 Å². The van der Waals surface area contributed by atoms with Gasteiger partial charge in [0.1, 0.15) is 11.6 Å². The fourth-order valence-electron chi connectivity index (χ4n) is 5.34. The van der Waals surface area contributed by atoms with Crippen molar-refractivity contribution in [1.82, 2.24) is 19.8 Å². The fourth-order valence-corrected chi connectivity index (χ4v) is 5.34. The molecule has 44 heavy (non-hydrogen) atoms. The van der Waals surface area contributed by atoms with Crippen LogP contribution in [-0.4, -0.2) is 87.2 Å². The lowest BCUT2D eigenvalue weighted by atomic mass is 10.1. The molecule has 230 valence electrons. The number of benzene rings is 3. The first kappa shape index (κ1) is 30.8. The van der Waals surface area contributed by atoms with E-state index in [2.05, 4.69) is 74.7 Å². The maximum absolute atomic E-state index is 12.6. The molecule has 1 fully saturated rings. The van der Waals surface area contributed by atoms with E-state index in [9.17, 15) is 4.79 Å². The second-order valence-electron chi connectivity index (χ2n) is 11.1. The summed E-state index contributed by atoms with van der Waals surface area (Å²) in [7, 11) is 7.76. The van der Waals surface area contributed by atoms with Crippen molar-refractivity contribution < 1.29 is 9.53 Å². The van der Waals surface area contributed by atoms with Crippen LogP contribution in [0.5, 0.6) is 5.75 Å². The number of amides is 1. The fraction of sp³-hybridized carbons (Fsp3) is 0.324. The zero-order valence-corrected chi connectivity index (χ0v) is 26.0. The summed E-state index contributed by atoms with van der Waals surface area (Å²) in [5.74, 6) is 1.61. The number of carbonyl (C=O) groups excluding carboxylic acids is 1. The van der Waals surface area contributed by atoms with Crippen LogP contribution >= 0.6 is 0 Å². The molecule has 0 spiro atoms. The van der Waals surface area contributed by atoms with E-state index in [4.69, 9.17) is 9.72 Å². The number of rotatable bonds is 13. The van der Waals surface area contributed by atoms with Gasteiger partial charge in [-0.15, -0.1) is 0 Å². The van der Waals surface area contributed by atoms with Crippen LogP contribution in [0.2, 0.25) is 0 Å². The second-order valence-corrected chi connectivity index (χ2v) is 11.1. The third-order valence-electron chi connectivity index (χ3n) is 7.95. The third kappa shape index (κ3) is 7.64. The number of anilines is 6. The van der Waals surface area contributed by atoms with Crippen molar-refractivity contribution in [2.45, 2.75) is 13.0 Å². The highest BCUT2D eigenvalue weighted by atomic mass is 16.5. The van der Waals surface area contributed by atoms with Gasteiger partial charge in [-0.1, -0.05) is 36.4 Å². The summed E-state index contributed by atoms with van der Waals surface area (Å²) in [6.45, 7) is 5.58. The van der Waals surface area contributed by atoms with Crippen LogP contribution in [-0.2, 0) is 17.8 Å². The number of hydrogen-bond donors (Lipinski definition) is 2. The smallest absolute Gasteiger partial charge is 0.229 e. The lowest BCUT2D eigenvalue weighted by Gasteiger charge is -2.34. The van der Waals surface area contributed by atoms with Crippen LogP contribution in [0.1, 0.15) is 11.1 Å². The number of piperazine rings is 1. The molecule has 10 heteroatoms. The van der Waals surface area contributed by atoms with Crippen LogP contribution in [0.25, 0.3) is 0 Å². The van der Waals surface area contributed by atoms with Crippen molar-refractivity contribution in [3.63, 3.8) is 0 Å². The third-order valence-corrected chi connectivity index (χ3v) is 7.95. The molecule has 10 nitrogen and oxygen atoms in total. The van der Waals surface area contributed by atoms with E-state index in [1.165, 1.54) is 5.56 Å². The van der Waals surface area contributed by atoms with Gasteiger partial charge in [-0.25, -0.2) is 4.98 Å². The molecular weight excluding hydrogens is 552 g/mol. The highest BCUT2D eigenvalue weighted by Crippen LogP contribution is 2.33. The molecule has 0 atom stereocenters. The molecule has 3 aromatic carbocycles. The zero-order chi connectivity index (χ0) is 30.9. The first-order valence-corrected chi connectivity index (χ1v) is 15.0. The maximum Gasteiger partial charge on any atom is 0.229 e. The molecule has 0 aliphatic carbocycles. The Morgan fingerprint density at radius 1 is 1.00 bits per heavy atom. The maximum atomic E-state index is 12.6. The Morgan fingerprint density at radius 2 is 1.80 bits per heavy atom. The van der Waals surface area contributed by atoms with Gasteiger partial charge in [-0.3, -0.25) is 9.69 Å². The zero-order valence-electron chi connectivity index (χ0n) is 26.0. The number of ether oxygens (including phenoxy) is 1. The van der Waals surface area contributed by atoms with Crippen molar-refractivity contribution in [1.29, 1.82) is 0 Å². The molecule has 1 amide bonds. The summed E-state index contributed by atoms with van der Waals surface area (Å²) in [4.78, 5) is 30.7. The van der Waals surface area contributed by atoms with E-state index < -0.39 is 0 Å². The van der Waals surface area contributed by atoms with Crippen molar-refractivity contribution in [3.8, 4) is 5.75 Å². The number of methoxy groups -OCH3 is 1. The lowest BCUT2D eigenvalue weighted by molar-refractivity contribution is -0.106. The standard InChI is InChI=1S/C34H42N8O2/c1-35-28-11-8-12-30(21-28)42(25-43)33-27(15-16-40(3)24-26-9-6-5-7-10-26)23-36-34(38-33)37-31-14-13-29(22-32(31)44-4)41-19-17-39(2)18-20-41/h5-14,21-23,25,35H,15-20,24H2,1-4H3,(H,36,37,38). The van der Waals surface area contributed by atoms with Crippen molar-refractivity contribution in [2.75, 3.05) is 81.4 Å². The minimum Gasteiger partial charge on any atom is -0.494 e. The molecule has 5 rings (SSSR count). The summed E-state index contributed by atoms with van der Waals surface area (Å²) < 4.78 is 5.77. The van der Waals surface area contributed by atoms with E-state index in [0.29, 0.717) is 29.6 Å². The molecule has 2 N–H and O–H groups in total. The number of carbonyl (C=O) groups is 1. The van der Waals surface area contributed by atoms with Gasteiger partial charge in [-0.05, 0) is 56.4 Å². The highest BCUT2D eigenvalue weighted by Gasteiger charge is 2.20. The van der Waals surface area contributed by atoms with Crippen LogP contribution in [0.4, 0.5) is 34.5 Å². The quantitative estimate of drug-likeness (QED) is 0.208. The summed E-state index contributed by atoms with van der Waals surface area (Å²) >= 11 is 0. The van der Waals surface area contributed by atoms with Crippen molar-refractivity contribution in [3.05, 3.63) is 90.1 Å². The lowest BCUT2D eigenvalue weighted by Crippen LogP contribution is -2.44. The summed E-state index contributed by atoms with van der Waals surface area (Å²) in [5, 5.41) is 6.49. The van der Waals surface area contributed by atoms with Crippen LogP contribution < -0.4 is 25.2 Å². The Morgan fingerprint density at radius 3 is 2.52 bits per heavy atom. The number of hydrogen-bond acceptors (Lipinski definition) is 9. The predicted octanol–water partition coefficient (Wildman–Crippen LogP) is 4.99. The molecule has 1 saturated heterocycles. The minimum atomic E-state index is 0.378. The largest absolute Gasteiger partial charge is 0.494 e. The number of likely N-dealkylation sites (N-methyl/N-ethyl adjacent to an activating group) is 2. The van der Waals surface area contributed by atoms with E-state index in [1.54, 1.807) is 12.0 Å². The normalized spacial score (nSPS) is 13.5. The molecule has 0 saturated carbocycles. The Kier molecular flexibility index (Phi) is 10.3. The van der Waals surface area contributed by atoms with Crippen molar-refractivity contribution >= 4 is 40.9 Å². The van der Waals surface area contributed by atoms with E-state index >= 15 is 0 Å². The van der Waals surface area contributed by atoms with Gasteiger partial charge in [0.15, 0.2) is 0 Å². The Hall–Kier alpha value is -4.67. The van der Waals surface area contributed by atoms with Crippen LogP contribution in [0, 0.1) is 0 Å². The van der Waals surface area contributed by atoms with Gasteiger partial charge in [-0.2, -0.15) is 4.98 Å². The number of nitrogens with zero attached hydrogens (tertiary/aromatic N) is 6. The summed E-state index contributed by atoms with van der Waals surface area (Å²) in [6.07, 6.45) is 3.28. The predicted molar refractivity (Wildman–Crippen MR) is 179 cm³/mol. The minimum absolute atomic E-state index is 0.378. The second kappa shape index (κ2) is 14.7. The van der Waals surface area contributed by atoms with Gasteiger partial charge >= 0.3 is 0 Å². The molecule has 1 aromatic heterocycles. The Balaban J connectivity index is 1.41. The van der Waals surface area contributed by atoms with E-state index in [-0.39, 0.29) is 0 Å². The van der Waals surface area contributed by atoms with Gasteiger partial charge in [0.2, 0.25) is 12.4 Å². The molecule has 0 unspecified atom stereocenters. The average molecular weight is 595 g/mol. The molecule has 4 aromatic rings. The average Bonchev–Trinajstić information content (AvgIpc) is 3.06.